The first-order valence-electron chi connectivity index (χ1n) is 5.30. The molecule has 4 nitrogen and oxygen atoms in total. The van der Waals surface area contributed by atoms with Crippen molar-refractivity contribution in [1.82, 2.24) is 4.98 Å². The van der Waals surface area contributed by atoms with Crippen LogP contribution in [0, 0.1) is 17.5 Å². The van der Waals surface area contributed by atoms with Crippen LogP contribution in [0.3, 0.4) is 0 Å². The van der Waals surface area contributed by atoms with Crippen molar-refractivity contribution in [2.75, 3.05) is 5.32 Å². The average Bonchev–Trinajstić information content (AvgIpc) is 2.40. The van der Waals surface area contributed by atoms with Gasteiger partial charge in [0.2, 0.25) is 0 Å². The lowest BCUT2D eigenvalue weighted by atomic mass is 10.2. The van der Waals surface area contributed by atoms with E-state index in [2.05, 4.69) is 10.3 Å². The van der Waals surface area contributed by atoms with Crippen molar-refractivity contribution >= 4 is 40.5 Å². The molecule has 2 rings (SSSR count). The van der Waals surface area contributed by atoms with E-state index in [0.717, 1.165) is 6.20 Å². The van der Waals surface area contributed by atoms with Crippen LogP contribution in [0.2, 0.25) is 10.2 Å². The Kier molecular flexibility index (Phi) is 4.24. The number of halogens is 5. The second-order valence-corrected chi connectivity index (χ2v) is 4.56. The van der Waals surface area contributed by atoms with Crippen molar-refractivity contribution in [3.05, 3.63) is 51.5 Å². The van der Waals surface area contributed by atoms with Gasteiger partial charge < -0.3 is 10.4 Å². The summed E-state index contributed by atoms with van der Waals surface area (Å²) in [6.07, 6.45) is 0.899. The third-order valence-electron chi connectivity index (χ3n) is 2.48. The number of rotatable bonds is 3. The third-order valence-corrected chi connectivity index (χ3v) is 3.23. The fourth-order valence-electron chi connectivity index (χ4n) is 1.50. The predicted molar refractivity (Wildman–Crippen MR) is 70.8 cm³/mol. The maximum absolute atomic E-state index is 13.6. The Morgan fingerprint density at radius 3 is 2.38 bits per heavy atom. The van der Waals surface area contributed by atoms with E-state index in [4.69, 9.17) is 28.3 Å². The number of anilines is 2. The van der Waals surface area contributed by atoms with Crippen molar-refractivity contribution < 1.29 is 23.1 Å². The van der Waals surface area contributed by atoms with Gasteiger partial charge in [-0.1, -0.05) is 23.2 Å². The number of carbonyl (C=O) groups is 1. The number of benzene rings is 1. The molecule has 0 spiro atoms. The highest BCUT2D eigenvalue weighted by Gasteiger charge is 2.19. The van der Waals surface area contributed by atoms with Gasteiger partial charge in [0, 0.05) is 18.3 Å². The van der Waals surface area contributed by atoms with Crippen LogP contribution in [0.4, 0.5) is 24.5 Å². The molecule has 0 saturated carbocycles. The van der Waals surface area contributed by atoms with Gasteiger partial charge in [-0.25, -0.2) is 22.9 Å². The summed E-state index contributed by atoms with van der Waals surface area (Å²) in [6.45, 7) is 0. The smallest absolute Gasteiger partial charge is 0.339 e. The lowest BCUT2D eigenvalue weighted by Crippen LogP contribution is -2.06. The Bertz CT molecular complexity index is 741. The van der Waals surface area contributed by atoms with Crippen LogP contribution in [0.5, 0.6) is 0 Å². The van der Waals surface area contributed by atoms with E-state index in [-0.39, 0.29) is 15.9 Å². The van der Waals surface area contributed by atoms with E-state index in [1.165, 1.54) is 0 Å². The van der Waals surface area contributed by atoms with Crippen molar-refractivity contribution in [2.45, 2.75) is 0 Å². The second-order valence-electron chi connectivity index (χ2n) is 3.83. The van der Waals surface area contributed by atoms with Gasteiger partial charge in [0.1, 0.15) is 21.6 Å². The van der Waals surface area contributed by atoms with Gasteiger partial charge in [-0.2, -0.15) is 0 Å². The minimum Gasteiger partial charge on any atom is -0.478 e. The summed E-state index contributed by atoms with van der Waals surface area (Å²) < 4.78 is 39.6. The number of carboxylic acids is 1. The SMILES string of the molecule is O=C(O)c1cnc(Cl)c(Cl)c1Nc1cc(F)c(F)cc1F. The molecule has 1 aromatic carbocycles. The Balaban J connectivity index is 2.56. The van der Waals surface area contributed by atoms with E-state index in [1.54, 1.807) is 0 Å². The minimum absolute atomic E-state index is 0.229. The number of nitrogens with zero attached hydrogens (tertiary/aromatic N) is 1. The van der Waals surface area contributed by atoms with Crippen LogP contribution in [0.15, 0.2) is 18.3 Å². The first kappa shape index (κ1) is 15.4. The maximum Gasteiger partial charge on any atom is 0.339 e. The molecule has 0 aliphatic heterocycles. The zero-order valence-corrected chi connectivity index (χ0v) is 11.4. The predicted octanol–water partition coefficient (Wildman–Crippen LogP) is 4.25. The first-order chi connectivity index (χ1) is 9.81. The van der Waals surface area contributed by atoms with Crippen LogP contribution in [0.1, 0.15) is 10.4 Å². The van der Waals surface area contributed by atoms with Gasteiger partial charge in [0.15, 0.2) is 11.6 Å². The molecule has 0 aliphatic rings. The van der Waals surface area contributed by atoms with Crippen molar-refractivity contribution in [3.63, 3.8) is 0 Å². The maximum atomic E-state index is 13.6. The lowest BCUT2D eigenvalue weighted by molar-refractivity contribution is 0.0697. The monoisotopic (exact) mass is 336 g/mol. The molecule has 0 atom stereocenters. The van der Waals surface area contributed by atoms with Gasteiger partial charge in [-0.15, -0.1) is 0 Å². The van der Waals surface area contributed by atoms with Crippen LogP contribution >= 0.6 is 23.2 Å². The normalized spacial score (nSPS) is 10.5. The number of carboxylic acid groups (broad SMARTS) is 1. The standard InChI is InChI=1S/C12H5Cl2F3N2O2/c13-9-10(4(12(20)21)3-18-11(9)14)19-8-2-6(16)5(15)1-7(8)17/h1-3H,(H,18,19)(H,20,21). The molecule has 0 amide bonds. The highest BCUT2D eigenvalue weighted by atomic mass is 35.5. The van der Waals surface area contributed by atoms with Crippen LogP contribution in [-0.2, 0) is 0 Å². The number of hydrogen-bond acceptors (Lipinski definition) is 3. The number of hydrogen-bond donors (Lipinski definition) is 2. The van der Waals surface area contributed by atoms with E-state index in [1.807, 2.05) is 0 Å². The summed E-state index contributed by atoms with van der Waals surface area (Å²) in [5.41, 5.74) is -1.19. The molecule has 21 heavy (non-hydrogen) atoms. The number of pyridine rings is 1. The van der Waals surface area contributed by atoms with Gasteiger partial charge >= 0.3 is 5.97 Å². The molecule has 0 unspecified atom stereocenters. The highest BCUT2D eigenvalue weighted by molar-refractivity contribution is 6.43. The zero-order valence-electron chi connectivity index (χ0n) is 9.92. The van der Waals surface area contributed by atoms with Gasteiger partial charge in [-0.05, 0) is 0 Å². The Morgan fingerprint density at radius 2 is 1.76 bits per heavy atom. The van der Waals surface area contributed by atoms with Crippen molar-refractivity contribution in [3.8, 4) is 0 Å². The molecule has 0 saturated heterocycles. The number of nitrogens with one attached hydrogen (secondary N) is 1. The molecule has 0 radical (unpaired) electrons. The van der Waals surface area contributed by atoms with E-state index >= 15 is 0 Å². The Labute approximate surface area is 126 Å². The van der Waals surface area contributed by atoms with E-state index < -0.39 is 34.7 Å². The van der Waals surface area contributed by atoms with Gasteiger partial charge in [0.25, 0.3) is 0 Å². The summed E-state index contributed by atoms with van der Waals surface area (Å²) in [5.74, 6) is -5.23. The first-order valence-corrected chi connectivity index (χ1v) is 6.05. The molecule has 9 heteroatoms. The summed E-state index contributed by atoms with van der Waals surface area (Å²) in [5, 5.41) is 10.8. The fourth-order valence-corrected chi connectivity index (χ4v) is 1.84. The Hall–Kier alpha value is -1.99. The molecule has 0 aliphatic carbocycles. The van der Waals surface area contributed by atoms with E-state index in [9.17, 15) is 18.0 Å². The molecule has 110 valence electrons. The zero-order chi connectivity index (χ0) is 15.7. The average molecular weight is 337 g/mol. The van der Waals surface area contributed by atoms with Gasteiger partial charge in [-0.3, -0.25) is 0 Å². The fraction of sp³-hybridized carbons (Fsp3) is 0. The molecule has 1 heterocycles. The topological polar surface area (TPSA) is 62.2 Å². The molecule has 2 aromatic rings. The highest BCUT2D eigenvalue weighted by Crippen LogP contribution is 2.34. The van der Waals surface area contributed by atoms with Crippen molar-refractivity contribution in [1.29, 1.82) is 0 Å². The lowest BCUT2D eigenvalue weighted by Gasteiger charge is -2.13. The largest absolute Gasteiger partial charge is 0.478 e. The minimum atomic E-state index is -1.41. The van der Waals surface area contributed by atoms with E-state index in [0.29, 0.717) is 12.1 Å². The van der Waals surface area contributed by atoms with Gasteiger partial charge in [0.05, 0.1) is 11.4 Å². The van der Waals surface area contributed by atoms with Crippen LogP contribution in [0.25, 0.3) is 0 Å². The molecular weight excluding hydrogens is 332 g/mol. The van der Waals surface area contributed by atoms with Crippen molar-refractivity contribution in [2.24, 2.45) is 0 Å². The number of aromatic carboxylic acids is 1. The van der Waals surface area contributed by atoms with Crippen LogP contribution < -0.4 is 5.32 Å². The molecular formula is C12H5Cl2F3N2O2. The summed E-state index contributed by atoms with van der Waals surface area (Å²) >= 11 is 11.5. The molecule has 1 aromatic heterocycles. The van der Waals surface area contributed by atoms with Crippen LogP contribution in [-0.4, -0.2) is 16.1 Å². The summed E-state index contributed by atoms with van der Waals surface area (Å²) in [4.78, 5) is 14.6. The molecule has 0 fully saturated rings. The number of aromatic nitrogens is 1. The third kappa shape index (κ3) is 3.03. The Morgan fingerprint density at radius 1 is 1.14 bits per heavy atom. The summed E-state index contributed by atoms with van der Waals surface area (Å²) in [7, 11) is 0. The summed E-state index contributed by atoms with van der Waals surface area (Å²) in [6, 6.07) is 0.843. The quantitative estimate of drug-likeness (QED) is 0.649. The molecule has 2 N–H and O–H groups in total. The second kappa shape index (κ2) is 5.79. The molecule has 0 bridgehead atoms.